The summed E-state index contributed by atoms with van der Waals surface area (Å²) >= 11 is 0. The van der Waals surface area contributed by atoms with Crippen LogP contribution in [0.2, 0.25) is 0 Å². The van der Waals surface area contributed by atoms with Gasteiger partial charge in [-0.2, -0.15) is 8.78 Å². The van der Waals surface area contributed by atoms with Gasteiger partial charge < -0.3 is 10.2 Å². The average Bonchev–Trinajstić information content (AvgIpc) is 2.47. The molecule has 0 spiro atoms. The van der Waals surface area contributed by atoms with E-state index >= 15 is 0 Å². The molecule has 1 unspecified atom stereocenters. The zero-order valence-electron chi connectivity index (χ0n) is 10.4. The third kappa shape index (κ3) is 2.74. The number of nitrogens with one attached hydrogen (secondary N) is 1. The highest BCUT2D eigenvalue weighted by atomic mass is 19.3. The van der Waals surface area contributed by atoms with Crippen molar-refractivity contribution in [3.8, 4) is 0 Å². The van der Waals surface area contributed by atoms with Gasteiger partial charge in [-0.05, 0) is 11.6 Å². The summed E-state index contributed by atoms with van der Waals surface area (Å²) in [5.74, 6) is -6.51. The minimum Gasteiger partial charge on any atom is -0.328 e. The van der Waals surface area contributed by atoms with Crippen LogP contribution in [0.5, 0.6) is 0 Å². The number of piperazine rings is 1. The van der Waals surface area contributed by atoms with Crippen molar-refractivity contribution in [2.45, 2.75) is 18.4 Å². The lowest BCUT2D eigenvalue weighted by Crippen LogP contribution is -2.55. The van der Waals surface area contributed by atoms with E-state index in [1.54, 1.807) is 12.1 Å². The molecular weight excluding hydrogens is 278 g/mol. The highest BCUT2D eigenvalue weighted by Gasteiger charge is 2.52. The van der Waals surface area contributed by atoms with Gasteiger partial charge in [0.25, 0.3) is 5.91 Å². The molecule has 2 heterocycles. The number of rotatable bonds is 3. The fourth-order valence-corrected chi connectivity index (χ4v) is 2.10. The van der Waals surface area contributed by atoms with Gasteiger partial charge in [0, 0.05) is 32.0 Å². The van der Waals surface area contributed by atoms with Crippen molar-refractivity contribution in [3.05, 3.63) is 30.1 Å². The second-order valence-electron chi connectivity index (χ2n) is 4.43. The van der Waals surface area contributed by atoms with Gasteiger partial charge in [0.05, 0.1) is 6.04 Å². The Hall–Kier alpha value is -1.70. The highest BCUT2D eigenvalue weighted by Crippen LogP contribution is 2.30. The van der Waals surface area contributed by atoms with E-state index in [9.17, 15) is 22.4 Å². The SMILES string of the molecule is O=C(N1CCNCC1c1cccnc1)C(F)(F)C(F)F. The molecule has 2 rings (SSSR count). The zero-order chi connectivity index (χ0) is 14.8. The van der Waals surface area contributed by atoms with Crippen LogP contribution in [0.4, 0.5) is 17.6 Å². The number of hydrogen-bond acceptors (Lipinski definition) is 3. The molecule has 1 aliphatic heterocycles. The second-order valence-corrected chi connectivity index (χ2v) is 4.43. The number of halogens is 4. The Bertz CT molecular complexity index is 469. The number of carbonyl (C=O) groups is 1. The first-order valence-electron chi connectivity index (χ1n) is 6.02. The first kappa shape index (κ1) is 14.7. The van der Waals surface area contributed by atoms with Crippen molar-refractivity contribution in [2.24, 2.45) is 0 Å². The Balaban J connectivity index is 2.26. The molecule has 1 aliphatic rings. The van der Waals surface area contributed by atoms with Crippen molar-refractivity contribution in [3.63, 3.8) is 0 Å². The molecule has 4 nitrogen and oxygen atoms in total. The Morgan fingerprint density at radius 2 is 2.25 bits per heavy atom. The van der Waals surface area contributed by atoms with Crippen molar-refractivity contribution in [1.29, 1.82) is 0 Å². The second kappa shape index (κ2) is 5.74. The number of amides is 1. The zero-order valence-corrected chi connectivity index (χ0v) is 10.4. The molecule has 1 amide bonds. The molecule has 0 radical (unpaired) electrons. The van der Waals surface area contributed by atoms with Gasteiger partial charge >= 0.3 is 12.3 Å². The fourth-order valence-electron chi connectivity index (χ4n) is 2.10. The molecule has 1 fully saturated rings. The van der Waals surface area contributed by atoms with Gasteiger partial charge in [-0.15, -0.1) is 0 Å². The van der Waals surface area contributed by atoms with Crippen LogP contribution in [0.15, 0.2) is 24.5 Å². The Morgan fingerprint density at radius 3 is 2.85 bits per heavy atom. The third-order valence-electron chi connectivity index (χ3n) is 3.13. The molecule has 0 aliphatic carbocycles. The molecule has 1 atom stereocenters. The summed E-state index contributed by atoms with van der Waals surface area (Å²) in [4.78, 5) is 16.3. The molecule has 1 saturated heterocycles. The van der Waals surface area contributed by atoms with Crippen LogP contribution in [0.3, 0.4) is 0 Å². The standard InChI is InChI=1S/C12H13F4N3O/c13-10(14)12(15,16)11(20)19-5-4-18-7-9(19)8-2-1-3-17-6-8/h1-3,6,9-10,18H,4-5,7H2. The Morgan fingerprint density at radius 1 is 1.50 bits per heavy atom. The Labute approximate surface area is 112 Å². The summed E-state index contributed by atoms with van der Waals surface area (Å²) in [6.07, 6.45) is -1.09. The average molecular weight is 291 g/mol. The molecule has 1 aromatic rings. The van der Waals surface area contributed by atoms with Crippen LogP contribution >= 0.6 is 0 Å². The largest absolute Gasteiger partial charge is 0.383 e. The van der Waals surface area contributed by atoms with Gasteiger partial charge in [-0.25, -0.2) is 8.78 Å². The van der Waals surface area contributed by atoms with Crippen molar-refractivity contribution < 1.29 is 22.4 Å². The molecule has 1 aromatic heterocycles. The minimum atomic E-state index is -4.67. The van der Waals surface area contributed by atoms with Gasteiger partial charge in [0.2, 0.25) is 0 Å². The maximum Gasteiger partial charge on any atom is 0.383 e. The van der Waals surface area contributed by atoms with Gasteiger partial charge in [0.1, 0.15) is 0 Å². The lowest BCUT2D eigenvalue weighted by molar-refractivity contribution is -0.183. The lowest BCUT2D eigenvalue weighted by atomic mass is 10.0. The highest BCUT2D eigenvalue weighted by molar-refractivity contribution is 5.84. The van der Waals surface area contributed by atoms with E-state index in [1.807, 2.05) is 0 Å². The molecule has 0 saturated carbocycles. The molecule has 8 heteroatoms. The van der Waals surface area contributed by atoms with Crippen LogP contribution in [0, 0.1) is 0 Å². The summed E-state index contributed by atoms with van der Waals surface area (Å²) in [5.41, 5.74) is 0.526. The van der Waals surface area contributed by atoms with Crippen LogP contribution in [-0.2, 0) is 4.79 Å². The van der Waals surface area contributed by atoms with Crippen LogP contribution in [0.1, 0.15) is 11.6 Å². The van der Waals surface area contributed by atoms with Gasteiger partial charge in [0.15, 0.2) is 0 Å². The van der Waals surface area contributed by atoms with E-state index in [4.69, 9.17) is 0 Å². The summed E-state index contributed by atoms with van der Waals surface area (Å²) in [5, 5.41) is 2.94. The van der Waals surface area contributed by atoms with Gasteiger partial charge in [-0.3, -0.25) is 9.78 Å². The van der Waals surface area contributed by atoms with Crippen molar-refractivity contribution >= 4 is 5.91 Å². The smallest absolute Gasteiger partial charge is 0.328 e. The predicted octanol–water partition coefficient (Wildman–Crippen LogP) is 1.45. The van der Waals surface area contributed by atoms with Crippen LogP contribution < -0.4 is 5.32 Å². The van der Waals surface area contributed by atoms with E-state index in [0.717, 1.165) is 4.90 Å². The number of nitrogens with zero attached hydrogens (tertiary/aromatic N) is 2. The van der Waals surface area contributed by atoms with E-state index in [1.165, 1.54) is 12.4 Å². The first-order valence-corrected chi connectivity index (χ1v) is 6.02. The van der Waals surface area contributed by atoms with E-state index in [0.29, 0.717) is 5.56 Å². The fraction of sp³-hybridized carbons (Fsp3) is 0.500. The van der Waals surface area contributed by atoms with E-state index in [2.05, 4.69) is 10.3 Å². The van der Waals surface area contributed by atoms with E-state index < -0.39 is 24.3 Å². The molecule has 20 heavy (non-hydrogen) atoms. The predicted molar refractivity (Wildman–Crippen MR) is 62.5 cm³/mol. The van der Waals surface area contributed by atoms with Crippen LogP contribution in [-0.4, -0.2) is 47.8 Å². The quantitative estimate of drug-likeness (QED) is 0.858. The number of alkyl halides is 4. The van der Waals surface area contributed by atoms with Gasteiger partial charge in [-0.1, -0.05) is 6.07 Å². The topological polar surface area (TPSA) is 45.2 Å². The molecular formula is C12H13F4N3O. The molecule has 110 valence electrons. The monoisotopic (exact) mass is 291 g/mol. The van der Waals surface area contributed by atoms with E-state index in [-0.39, 0.29) is 19.6 Å². The molecule has 0 bridgehead atoms. The summed E-state index contributed by atoms with van der Waals surface area (Å²) < 4.78 is 51.1. The summed E-state index contributed by atoms with van der Waals surface area (Å²) in [6, 6.07) is 2.48. The number of aromatic nitrogens is 1. The Kier molecular flexibility index (Phi) is 4.22. The molecule has 0 aromatic carbocycles. The maximum atomic E-state index is 13.2. The lowest BCUT2D eigenvalue weighted by Gasteiger charge is -2.37. The third-order valence-corrected chi connectivity index (χ3v) is 3.13. The first-order chi connectivity index (χ1) is 9.44. The van der Waals surface area contributed by atoms with Crippen molar-refractivity contribution in [2.75, 3.05) is 19.6 Å². The summed E-state index contributed by atoms with van der Waals surface area (Å²) in [7, 11) is 0. The summed E-state index contributed by atoms with van der Waals surface area (Å²) in [6.45, 7) is 0.444. The van der Waals surface area contributed by atoms with Crippen LogP contribution in [0.25, 0.3) is 0 Å². The molecule has 1 N–H and O–H groups in total. The maximum absolute atomic E-state index is 13.2. The normalized spacial score (nSPS) is 20.2. The minimum absolute atomic E-state index is 0.0549. The number of carbonyl (C=O) groups excluding carboxylic acids is 1. The number of pyridine rings is 1. The number of hydrogen-bond donors (Lipinski definition) is 1. The van der Waals surface area contributed by atoms with Crippen molar-refractivity contribution in [1.82, 2.24) is 15.2 Å².